The van der Waals surface area contributed by atoms with Crippen LogP contribution in [-0.2, 0) is 0 Å². The van der Waals surface area contributed by atoms with Gasteiger partial charge in [-0.25, -0.2) is 0 Å². The molecule has 0 unspecified atom stereocenters. The molecule has 1 aliphatic rings. The molecule has 0 saturated heterocycles. The number of allylic oxidation sites excluding steroid dienone is 1. The molecule has 4 nitrogen and oxygen atoms in total. The zero-order valence-electron chi connectivity index (χ0n) is 10.2. The van der Waals surface area contributed by atoms with E-state index in [4.69, 9.17) is 9.78 Å². The Morgan fingerprint density at radius 3 is 2.95 bits per heavy atom. The van der Waals surface area contributed by atoms with E-state index in [0.717, 1.165) is 29.8 Å². The molecule has 0 saturated carbocycles. The molecule has 1 aromatic carbocycles. The number of rotatable bonds is 2. The Kier molecular flexibility index (Phi) is 2.95. The number of hydrogen-bond donors (Lipinski definition) is 0. The fraction of sp³-hybridized carbons (Fsp3) is 0.133. The summed E-state index contributed by atoms with van der Waals surface area (Å²) in [7, 11) is 0. The summed E-state index contributed by atoms with van der Waals surface area (Å²) < 4.78 is 5.33. The Balaban J connectivity index is 1.95. The molecule has 0 radical (unpaired) electrons. The van der Waals surface area contributed by atoms with E-state index in [9.17, 15) is 0 Å². The maximum atomic E-state index is 8.89. The molecule has 92 valence electrons. The topological polar surface area (TPSA) is 62.2 Å². The van der Waals surface area contributed by atoms with Crippen LogP contribution in [0.5, 0.6) is 0 Å². The quantitative estimate of drug-likeness (QED) is 0.819. The van der Waals surface area contributed by atoms with Gasteiger partial charge in [-0.3, -0.25) is 4.99 Å². The first-order valence-corrected chi connectivity index (χ1v) is 6.07. The minimum Gasteiger partial charge on any atom is -0.356 e. The fourth-order valence-electron chi connectivity index (χ4n) is 1.95. The third-order valence-corrected chi connectivity index (χ3v) is 2.91. The van der Waals surface area contributed by atoms with Crippen molar-refractivity contribution >= 4 is 11.9 Å². The molecule has 0 fully saturated rings. The van der Waals surface area contributed by atoms with Crippen LogP contribution in [0.25, 0.3) is 17.0 Å². The van der Waals surface area contributed by atoms with Crippen LogP contribution in [0.4, 0.5) is 0 Å². The van der Waals surface area contributed by atoms with E-state index in [-0.39, 0.29) is 0 Å². The first kappa shape index (κ1) is 11.4. The second-order valence-corrected chi connectivity index (χ2v) is 4.25. The Morgan fingerprint density at radius 2 is 2.16 bits per heavy atom. The summed E-state index contributed by atoms with van der Waals surface area (Å²) in [6.07, 6.45) is 5.89. The predicted octanol–water partition coefficient (Wildman–Crippen LogP) is 3.42. The van der Waals surface area contributed by atoms with Crippen molar-refractivity contribution in [2.24, 2.45) is 4.99 Å². The van der Waals surface area contributed by atoms with Crippen molar-refractivity contribution in [3.05, 3.63) is 47.7 Å². The normalized spacial score (nSPS) is 13.9. The van der Waals surface area contributed by atoms with Crippen molar-refractivity contribution in [2.75, 3.05) is 0 Å². The predicted molar refractivity (Wildman–Crippen MR) is 72.4 cm³/mol. The van der Waals surface area contributed by atoms with Crippen LogP contribution in [0.3, 0.4) is 0 Å². The molecule has 4 heteroatoms. The van der Waals surface area contributed by atoms with Crippen LogP contribution in [0.1, 0.15) is 24.1 Å². The zero-order chi connectivity index (χ0) is 13.1. The molecule has 0 bridgehead atoms. The lowest BCUT2D eigenvalue weighted by Crippen LogP contribution is -1.88. The summed E-state index contributed by atoms with van der Waals surface area (Å²) in [5.74, 6) is 0.647. The first-order chi connectivity index (χ1) is 9.36. The van der Waals surface area contributed by atoms with Gasteiger partial charge in [0.1, 0.15) is 5.69 Å². The monoisotopic (exact) mass is 249 g/mol. The van der Waals surface area contributed by atoms with Crippen LogP contribution in [0, 0.1) is 11.3 Å². The molecule has 1 aliphatic heterocycles. The van der Waals surface area contributed by atoms with Crippen LogP contribution in [-0.4, -0.2) is 11.4 Å². The lowest BCUT2D eigenvalue weighted by molar-refractivity contribution is 0.430. The largest absolute Gasteiger partial charge is 0.356 e. The zero-order valence-corrected chi connectivity index (χ0v) is 10.2. The highest BCUT2D eigenvalue weighted by Gasteiger charge is 2.11. The Bertz CT molecular complexity index is 704. The molecular formula is C15H11N3O. The van der Waals surface area contributed by atoms with E-state index in [0.29, 0.717) is 11.3 Å². The molecule has 19 heavy (non-hydrogen) atoms. The van der Waals surface area contributed by atoms with E-state index >= 15 is 0 Å². The highest BCUT2D eigenvalue weighted by Crippen LogP contribution is 2.26. The van der Waals surface area contributed by atoms with Crippen molar-refractivity contribution < 1.29 is 4.52 Å². The van der Waals surface area contributed by atoms with E-state index in [1.54, 1.807) is 12.1 Å². The first-order valence-electron chi connectivity index (χ1n) is 6.07. The van der Waals surface area contributed by atoms with Crippen LogP contribution >= 0.6 is 0 Å². The van der Waals surface area contributed by atoms with Gasteiger partial charge in [0, 0.05) is 17.8 Å². The van der Waals surface area contributed by atoms with Gasteiger partial charge in [0.05, 0.1) is 17.3 Å². The third kappa shape index (κ3) is 2.31. The summed E-state index contributed by atoms with van der Waals surface area (Å²) in [6, 6.07) is 11.2. The van der Waals surface area contributed by atoms with E-state index in [2.05, 4.69) is 16.2 Å². The van der Waals surface area contributed by atoms with Gasteiger partial charge in [0.15, 0.2) is 5.76 Å². The number of aromatic nitrogens is 1. The van der Waals surface area contributed by atoms with Gasteiger partial charge in [-0.15, -0.1) is 0 Å². The Hall–Kier alpha value is -2.67. The highest BCUT2D eigenvalue weighted by atomic mass is 16.5. The number of nitriles is 1. The summed E-state index contributed by atoms with van der Waals surface area (Å²) in [4.78, 5) is 4.30. The van der Waals surface area contributed by atoms with Gasteiger partial charge < -0.3 is 4.52 Å². The minimum atomic E-state index is 0.602. The SMILES string of the molecule is N#Cc1cccc(-c2cc(C3=CCCC=N3)no2)c1. The lowest BCUT2D eigenvalue weighted by Gasteiger charge is -2.00. The Morgan fingerprint density at radius 1 is 1.21 bits per heavy atom. The van der Waals surface area contributed by atoms with Crippen molar-refractivity contribution in [3.8, 4) is 17.4 Å². The number of aliphatic imine (C=N–C) groups is 1. The number of nitrogens with zero attached hydrogens (tertiary/aromatic N) is 3. The second kappa shape index (κ2) is 4.91. The average molecular weight is 249 g/mol. The highest BCUT2D eigenvalue weighted by molar-refractivity contribution is 5.76. The van der Waals surface area contributed by atoms with Crippen LogP contribution in [0.2, 0.25) is 0 Å². The van der Waals surface area contributed by atoms with Crippen molar-refractivity contribution in [1.82, 2.24) is 5.16 Å². The maximum absolute atomic E-state index is 8.89. The van der Waals surface area contributed by atoms with Gasteiger partial charge in [-0.05, 0) is 25.0 Å². The number of benzene rings is 1. The smallest absolute Gasteiger partial charge is 0.167 e. The molecule has 0 amide bonds. The molecule has 1 aromatic heterocycles. The van der Waals surface area contributed by atoms with E-state index in [1.807, 2.05) is 30.5 Å². The number of hydrogen-bond acceptors (Lipinski definition) is 4. The van der Waals surface area contributed by atoms with E-state index < -0.39 is 0 Å². The molecule has 2 heterocycles. The average Bonchev–Trinajstić information content (AvgIpc) is 2.98. The summed E-state index contributed by atoms with van der Waals surface area (Å²) >= 11 is 0. The van der Waals surface area contributed by atoms with E-state index in [1.165, 1.54) is 0 Å². The standard InChI is InChI=1S/C15H11N3O/c16-10-11-4-3-5-12(8-11)15-9-14(18-19-15)13-6-1-2-7-17-13/h3-9H,1-2H2. The third-order valence-electron chi connectivity index (χ3n) is 2.91. The molecule has 3 rings (SSSR count). The van der Waals surface area contributed by atoms with Crippen LogP contribution < -0.4 is 0 Å². The van der Waals surface area contributed by atoms with Crippen molar-refractivity contribution in [2.45, 2.75) is 12.8 Å². The molecule has 0 N–H and O–H groups in total. The van der Waals surface area contributed by atoms with Crippen molar-refractivity contribution in [3.63, 3.8) is 0 Å². The lowest BCUT2D eigenvalue weighted by atomic mass is 10.1. The summed E-state index contributed by atoms with van der Waals surface area (Å²) in [5.41, 5.74) is 3.02. The van der Waals surface area contributed by atoms with Gasteiger partial charge in [0.2, 0.25) is 0 Å². The fourth-order valence-corrected chi connectivity index (χ4v) is 1.95. The van der Waals surface area contributed by atoms with Crippen molar-refractivity contribution in [1.29, 1.82) is 5.26 Å². The summed E-state index contributed by atoms with van der Waals surface area (Å²) in [6.45, 7) is 0. The second-order valence-electron chi connectivity index (χ2n) is 4.25. The van der Waals surface area contributed by atoms with Gasteiger partial charge in [0.25, 0.3) is 0 Å². The van der Waals surface area contributed by atoms with Gasteiger partial charge in [-0.2, -0.15) is 5.26 Å². The van der Waals surface area contributed by atoms with Gasteiger partial charge >= 0.3 is 0 Å². The molecule has 0 atom stereocenters. The Labute approximate surface area is 110 Å². The molecule has 0 spiro atoms. The molecule has 2 aromatic rings. The maximum Gasteiger partial charge on any atom is 0.167 e. The van der Waals surface area contributed by atoms with Gasteiger partial charge in [-0.1, -0.05) is 23.4 Å². The minimum absolute atomic E-state index is 0.602. The molecular weight excluding hydrogens is 238 g/mol. The summed E-state index contributed by atoms with van der Waals surface area (Å²) in [5, 5.41) is 12.9. The molecule has 0 aliphatic carbocycles. The van der Waals surface area contributed by atoms with Crippen LogP contribution in [0.15, 0.2) is 45.9 Å².